The van der Waals surface area contributed by atoms with Crippen molar-refractivity contribution in [1.29, 1.82) is 0 Å². The minimum absolute atomic E-state index is 0.0457. The fourth-order valence-electron chi connectivity index (χ4n) is 4.14. The van der Waals surface area contributed by atoms with E-state index in [1.165, 1.54) is 0 Å². The van der Waals surface area contributed by atoms with Crippen LogP contribution in [0, 0.1) is 6.92 Å². The molecule has 6 rings (SSSR count). The number of rotatable bonds is 0. The standard InChI is InChI=1S/C24H17N3O2/c1-13-6-9-21-16(10-13)23(28)17-11-15-18(27-24(17)29-21)8-7-14-12-25-19-4-2-3-5-20(19)26-22(14)15/h2-6,9-12,26H,7-8H2,1H3. The van der Waals surface area contributed by atoms with Crippen LogP contribution in [0.3, 0.4) is 0 Å². The number of aliphatic imine (C=N–C) groups is 1. The number of hydrogen-bond acceptors (Lipinski definition) is 5. The molecule has 0 fully saturated rings. The van der Waals surface area contributed by atoms with Crippen LogP contribution in [0.5, 0.6) is 0 Å². The van der Waals surface area contributed by atoms with E-state index in [0.717, 1.165) is 52.3 Å². The third-order valence-corrected chi connectivity index (χ3v) is 5.64. The van der Waals surface area contributed by atoms with Gasteiger partial charge in [0.05, 0.1) is 33.5 Å². The van der Waals surface area contributed by atoms with E-state index in [1.54, 1.807) is 0 Å². The molecule has 0 amide bonds. The average Bonchev–Trinajstić information content (AvgIpc) is 2.93. The van der Waals surface area contributed by atoms with Crippen LogP contribution >= 0.6 is 0 Å². The molecule has 4 aromatic rings. The molecular formula is C24H17N3O2. The predicted molar refractivity (Wildman–Crippen MR) is 116 cm³/mol. The number of hydrogen-bond donors (Lipinski definition) is 1. The summed E-state index contributed by atoms with van der Waals surface area (Å²) < 4.78 is 5.99. The van der Waals surface area contributed by atoms with Gasteiger partial charge in [0.25, 0.3) is 0 Å². The van der Waals surface area contributed by atoms with Gasteiger partial charge in [0, 0.05) is 11.8 Å². The SMILES string of the molecule is Cc1ccc2oc3nc4c(cc3c(=O)c2c1)C1=C(C=Nc2ccccc2N1)CC4. The first-order valence-corrected chi connectivity index (χ1v) is 9.68. The molecule has 0 saturated carbocycles. The van der Waals surface area contributed by atoms with Gasteiger partial charge in [0.2, 0.25) is 11.1 Å². The monoisotopic (exact) mass is 379 g/mol. The van der Waals surface area contributed by atoms with Gasteiger partial charge in [-0.25, -0.2) is 4.98 Å². The normalized spacial score (nSPS) is 14.9. The molecular weight excluding hydrogens is 362 g/mol. The van der Waals surface area contributed by atoms with Gasteiger partial charge in [0.1, 0.15) is 5.58 Å². The smallest absolute Gasteiger partial charge is 0.230 e. The number of anilines is 1. The number of para-hydroxylation sites is 2. The lowest BCUT2D eigenvalue weighted by Crippen LogP contribution is -2.14. The first kappa shape index (κ1) is 16.2. The lowest BCUT2D eigenvalue weighted by molar-refractivity contribution is 0.640. The van der Waals surface area contributed by atoms with Crippen molar-refractivity contribution in [3.05, 3.63) is 81.1 Å². The van der Waals surface area contributed by atoms with E-state index in [4.69, 9.17) is 9.40 Å². The Labute approximate surface area is 166 Å². The number of aromatic nitrogens is 1. The summed E-state index contributed by atoms with van der Waals surface area (Å²) in [4.78, 5) is 22.6. The third-order valence-electron chi connectivity index (χ3n) is 5.64. The minimum atomic E-state index is -0.0457. The highest BCUT2D eigenvalue weighted by atomic mass is 16.3. The lowest BCUT2D eigenvalue weighted by Gasteiger charge is -2.21. The Hall–Kier alpha value is -3.73. The van der Waals surface area contributed by atoms with Gasteiger partial charge in [-0.05, 0) is 55.7 Å². The number of allylic oxidation sites excluding steroid dienone is 1. The number of aryl methyl sites for hydroxylation is 2. The summed E-state index contributed by atoms with van der Waals surface area (Å²) in [5, 5.41) is 4.62. The van der Waals surface area contributed by atoms with Crippen LogP contribution in [0.15, 0.2) is 68.3 Å². The molecule has 3 heterocycles. The maximum Gasteiger partial charge on any atom is 0.230 e. The van der Waals surface area contributed by atoms with Gasteiger partial charge >= 0.3 is 0 Å². The zero-order valence-electron chi connectivity index (χ0n) is 15.8. The van der Waals surface area contributed by atoms with Crippen LogP contribution in [0.2, 0.25) is 0 Å². The molecule has 2 aliphatic rings. The highest BCUT2D eigenvalue weighted by molar-refractivity contribution is 6.02. The van der Waals surface area contributed by atoms with E-state index >= 15 is 0 Å². The molecule has 2 aromatic carbocycles. The first-order valence-electron chi connectivity index (χ1n) is 9.68. The second-order valence-corrected chi connectivity index (χ2v) is 7.57. The zero-order valence-corrected chi connectivity index (χ0v) is 15.8. The molecule has 0 saturated heterocycles. The maximum atomic E-state index is 13.2. The maximum absolute atomic E-state index is 13.2. The Morgan fingerprint density at radius 2 is 1.93 bits per heavy atom. The topological polar surface area (TPSA) is 67.5 Å². The van der Waals surface area contributed by atoms with Crippen LogP contribution < -0.4 is 10.7 Å². The van der Waals surface area contributed by atoms with E-state index in [2.05, 4.69) is 10.3 Å². The zero-order chi connectivity index (χ0) is 19.5. The molecule has 1 aliphatic heterocycles. The van der Waals surface area contributed by atoms with E-state index in [-0.39, 0.29) is 5.43 Å². The van der Waals surface area contributed by atoms with Gasteiger partial charge < -0.3 is 9.73 Å². The van der Waals surface area contributed by atoms with E-state index < -0.39 is 0 Å². The Bertz CT molecular complexity index is 1460. The molecule has 0 unspecified atom stereocenters. The molecule has 0 atom stereocenters. The summed E-state index contributed by atoms with van der Waals surface area (Å²) in [7, 11) is 0. The fraction of sp³-hybridized carbons (Fsp3) is 0.125. The van der Waals surface area contributed by atoms with Crippen LogP contribution in [-0.4, -0.2) is 11.2 Å². The number of nitrogens with one attached hydrogen (secondary N) is 1. The molecule has 0 spiro atoms. The number of benzene rings is 2. The average molecular weight is 379 g/mol. The molecule has 0 bridgehead atoms. The third kappa shape index (κ3) is 2.44. The van der Waals surface area contributed by atoms with Crippen molar-refractivity contribution in [2.45, 2.75) is 19.8 Å². The second-order valence-electron chi connectivity index (χ2n) is 7.57. The summed E-state index contributed by atoms with van der Waals surface area (Å²) in [6, 6.07) is 15.5. The van der Waals surface area contributed by atoms with Crippen molar-refractivity contribution in [3.8, 4) is 0 Å². The molecule has 5 nitrogen and oxygen atoms in total. The van der Waals surface area contributed by atoms with Gasteiger partial charge in [-0.1, -0.05) is 23.8 Å². The number of nitrogens with zero attached hydrogens (tertiary/aromatic N) is 2. The minimum Gasteiger partial charge on any atom is -0.437 e. The Morgan fingerprint density at radius 3 is 2.86 bits per heavy atom. The van der Waals surface area contributed by atoms with Crippen molar-refractivity contribution in [2.24, 2.45) is 4.99 Å². The fourth-order valence-corrected chi connectivity index (χ4v) is 4.14. The molecule has 5 heteroatoms. The largest absolute Gasteiger partial charge is 0.437 e. The van der Waals surface area contributed by atoms with Crippen molar-refractivity contribution >= 4 is 45.4 Å². The van der Waals surface area contributed by atoms with Crippen molar-refractivity contribution in [1.82, 2.24) is 4.98 Å². The molecule has 1 aliphatic carbocycles. The second kappa shape index (κ2) is 5.88. The van der Waals surface area contributed by atoms with Gasteiger partial charge in [-0.2, -0.15) is 0 Å². The summed E-state index contributed by atoms with van der Waals surface area (Å²) in [6.45, 7) is 1.97. The van der Waals surface area contributed by atoms with E-state index in [1.807, 2.05) is 61.7 Å². The van der Waals surface area contributed by atoms with Crippen molar-refractivity contribution in [3.63, 3.8) is 0 Å². The summed E-state index contributed by atoms with van der Waals surface area (Å²) >= 11 is 0. The van der Waals surface area contributed by atoms with Gasteiger partial charge in [0.15, 0.2) is 0 Å². The van der Waals surface area contributed by atoms with Crippen LogP contribution in [0.1, 0.15) is 23.2 Å². The predicted octanol–water partition coefficient (Wildman–Crippen LogP) is 5.13. The lowest BCUT2D eigenvalue weighted by atomic mass is 9.92. The summed E-state index contributed by atoms with van der Waals surface area (Å²) in [5.74, 6) is 0. The Morgan fingerprint density at radius 1 is 1.03 bits per heavy atom. The molecule has 0 radical (unpaired) electrons. The highest BCUT2D eigenvalue weighted by Gasteiger charge is 2.24. The summed E-state index contributed by atoms with van der Waals surface area (Å²) in [6.07, 6.45) is 3.54. The summed E-state index contributed by atoms with van der Waals surface area (Å²) in [5.41, 5.74) is 7.78. The molecule has 140 valence electrons. The molecule has 1 N–H and O–H groups in total. The Kier molecular flexibility index (Phi) is 3.29. The van der Waals surface area contributed by atoms with Crippen LogP contribution in [0.25, 0.3) is 27.8 Å². The molecule has 29 heavy (non-hydrogen) atoms. The van der Waals surface area contributed by atoms with Crippen molar-refractivity contribution in [2.75, 3.05) is 5.32 Å². The van der Waals surface area contributed by atoms with E-state index in [0.29, 0.717) is 22.1 Å². The quantitative estimate of drug-likeness (QED) is 0.430. The number of pyridine rings is 1. The Balaban J connectivity index is 1.61. The van der Waals surface area contributed by atoms with Crippen molar-refractivity contribution < 1.29 is 4.42 Å². The van der Waals surface area contributed by atoms with Crippen LogP contribution in [-0.2, 0) is 6.42 Å². The van der Waals surface area contributed by atoms with Gasteiger partial charge in [-0.3, -0.25) is 9.79 Å². The highest BCUT2D eigenvalue weighted by Crippen LogP contribution is 2.37. The number of fused-ring (bicyclic) bond motifs is 5. The van der Waals surface area contributed by atoms with E-state index in [9.17, 15) is 4.79 Å². The molecule has 2 aromatic heterocycles. The first-order chi connectivity index (χ1) is 14.2. The van der Waals surface area contributed by atoms with Crippen LogP contribution in [0.4, 0.5) is 11.4 Å². The van der Waals surface area contributed by atoms with Gasteiger partial charge in [-0.15, -0.1) is 0 Å².